The third-order valence-electron chi connectivity index (χ3n) is 5.55. The van der Waals surface area contributed by atoms with Gasteiger partial charge in [-0.2, -0.15) is 0 Å². The lowest BCUT2D eigenvalue weighted by Gasteiger charge is -2.12. The van der Waals surface area contributed by atoms with E-state index in [2.05, 4.69) is 0 Å². The number of ether oxygens (including phenoxy) is 1. The maximum atomic E-state index is 12.5. The van der Waals surface area contributed by atoms with Crippen LogP contribution in [0.3, 0.4) is 0 Å². The molecule has 0 radical (unpaired) electrons. The van der Waals surface area contributed by atoms with Gasteiger partial charge >= 0.3 is 5.97 Å². The van der Waals surface area contributed by atoms with E-state index in [0.717, 1.165) is 17.0 Å². The Hall–Kier alpha value is -3.12. The van der Waals surface area contributed by atoms with Gasteiger partial charge in [0.25, 0.3) is 0 Å². The van der Waals surface area contributed by atoms with Crippen LogP contribution >= 0.6 is 11.6 Å². The molecule has 3 aromatic rings. The highest BCUT2D eigenvalue weighted by Crippen LogP contribution is 2.38. The van der Waals surface area contributed by atoms with E-state index >= 15 is 0 Å². The number of carbonyl (C=O) groups is 1. The van der Waals surface area contributed by atoms with E-state index < -0.39 is 11.4 Å². The second kappa shape index (κ2) is 7.29. The largest absolute Gasteiger partial charge is 0.492 e. The standard InChI is InChI=1S/C23H19ClN2O4/c24-18-8-14-7-15(25-19(14)9-21(18)30-12-13-5-6-13)10-26-11-17(23(28)29)22(27)16-3-1-2-4-20(16)26/h1-4,8-9,11,13H,5-7,10,12H2,(H,28,29). The molecule has 1 aliphatic heterocycles. The van der Waals surface area contributed by atoms with E-state index in [9.17, 15) is 14.7 Å². The molecule has 1 saturated carbocycles. The van der Waals surface area contributed by atoms with Crippen molar-refractivity contribution < 1.29 is 14.6 Å². The summed E-state index contributed by atoms with van der Waals surface area (Å²) in [6.45, 7) is 1.06. The van der Waals surface area contributed by atoms with Gasteiger partial charge in [-0.05, 0) is 42.5 Å². The predicted molar refractivity (Wildman–Crippen MR) is 116 cm³/mol. The summed E-state index contributed by atoms with van der Waals surface area (Å²) in [4.78, 5) is 28.8. The van der Waals surface area contributed by atoms with Crippen LogP contribution in [0.5, 0.6) is 5.75 Å². The number of hydrogen-bond donors (Lipinski definition) is 1. The normalized spacial score (nSPS) is 15.2. The number of aromatic carboxylic acids is 1. The molecule has 0 amide bonds. The predicted octanol–water partition coefficient (Wildman–Crippen LogP) is 4.47. The Morgan fingerprint density at radius 3 is 2.83 bits per heavy atom. The Bertz CT molecular complexity index is 1270. The fraction of sp³-hybridized carbons (Fsp3) is 0.261. The minimum absolute atomic E-state index is 0.247. The second-order valence-electron chi connectivity index (χ2n) is 7.84. The molecule has 0 spiro atoms. The Morgan fingerprint density at radius 2 is 2.07 bits per heavy atom. The second-order valence-corrected chi connectivity index (χ2v) is 8.25. The first kappa shape index (κ1) is 18.9. The molecule has 0 bridgehead atoms. The first-order valence-corrected chi connectivity index (χ1v) is 10.2. The summed E-state index contributed by atoms with van der Waals surface area (Å²) < 4.78 is 7.62. The Kier molecular flexibility index (Phi) is 4.59. The SMILES string of the molecule is O=C(O)c1cn(CC2=Nc3cc(OCC4CC4)c(Cl)cc3C2)c2ccccc2c1=O. The summed E-state index contributed by atoms with van der Waals surface area (Å²) in [5.41, 5.74) is 2.66. The highest BCUT2D eigenvalue weighted by atomic mass is 35.5. The van der Waals surface area contributed by atoms with Gasteiger partial charge in [-0.1, -0.05) is 23.7 Å². The van der Waals surface area contributed by atoms with Gasteiger partial charge in [0.2, 0.25) is 5.43 Å². The van der Waals surface area contributed by atoms with Crippen LogP contribution in [-0.4, -0.2) is 28.0 Å². The van der Waals surface area contributed by atoms with Crippen LogP contribution in [0, 0.1) is 5.92 Å². The molecular formula is C23H19ClN2O4. The van der Waals surface area contributed by atoms with Crippen molar-refractivity contribution in [2.45, 2.75) is 25.8 Å². The van der Waals surface area contributed by atoms with E-state index in [1.165, 1.54) is 19.0 Å². The van der Waals surface area contributed by atoms with Gasteiger partial charge in [-0.25, -0.2) is 4.79 Å². The summed E-state index contributed by atoms with van der Waals surface area (Å²) >= 11 is 6.39. The summed E-state index contributed by atoms with van der Waals surface area (Å²) in [5, 5.41) is 10.4. The molecule has 6 nitrogen and oxygen atoms in total. The molecule has 0 unspecified atom stereocenters. The quantitative estimate of drug-likeness (QED) is 0.635. The van der Waals surface area contributed by atoms with Crippen LogP contribution in [0.4, 0.5) is 5.69 Å². The maximum Gasteiger partial charge on any atom is 0.341 e. The van der Waals surface area contributed by atoms with Gasteiger partial charge in [0.05, 0.1) is 29.4 Å². The Morgan fingerprint density at radius 1 is 1.27 bits per heavy atom. The zero-order chi connectivity index (χ0) is 20.8. The third-order valence-corrected chi connectivity index (χ3v) is 5.84. The van der Waals surface area contributed by atoms with Crippen molar-refractivity contribution in [3.05, 3.63) is 69.0 Å². The van der Waals surface area contributed by atoms with Crippen molar-refractivity contribution in [1.29, 1.82) is 0 Å². The smallest absolute Gasteiger partial charge is 0.341 e. The molecule has 5 rings (SSSR count). The van der Waals surface area contributed by atoms with Gasteiger partial charge in [0.1, 0.15) is 11.3 Å². The molecule has 2 aromatic carbocycles. The summed E-state index contributed by atoms with van der Waals surface area (Å²) in [6.07, 6.45) is 4.42. The van der Waals surface area contributed by atoms with Gasteiger partial charge in [0.15, 0.2) is 0 Å². The Balaban J connectivity index is 1.47. The average Bonchev–Trinajstić information content (AvgIpc) is 3.48. The molecule has 0 atom stereocenters. The van der Waals surface area contributed by atoms with Crippen LogP contribution in [0.1, 0.15) is 28.8 Å². The monoisotopic (exact) mass is 422 g/mol. The van der Waals surface area contributed by atoms with Crippen LogP contribution < -0.4 is 10.2 Å². The summed E-state index contributed by atoms with van der Waals surface area (Å²) in [5.74, 6) is 0.0418. The van der Waals surface area contributed by atoms with Gasteiger partial charge in [-0.15, -0.1) is 0 Å². The highest BCUT2D eigenvalue weighted by Gasteiger charge is 2.24. The summed E-state index contributed by atoms with van der Waals surface area (Å²) in [7, 11) is 0. The number of carboxylic acids is 1. The molecular weight excluding hydrogens is 404 g/mol. The van der Waals surface area contributed by atoms with Gasteiger partial charge in [-0.3, -0.25) is 9.79 Å². The van der Waals surface area contributed by atoms with Crippen molar-refractivity contribution in [2.24, 2.45) is 10.9 Å². The van der Waals surface area contributed by atoms with Crippen LogP contribution in [0.2, 0.25) is 5.02 Å². The molecule has 30 heavy (non-hydrogen) atoms. The number of hydrogen-bond acceptors (Lipinski definition) is 4. The first-order chi connectivity index (χ1) is 14.5. The first-order valence-electron chi connectivity index (χ1n) is 9.87. The van der Waals surface area contributed by atoms with Crippen molar-refractivity contribution in [3.8, 4) is 5.75 Å². The van der Waals surface area contributed by atoms with Crippen molar-refractivity contribution in [2.75, 3.05) is 6.61 Å². The Labute approximate surface area is 177 Å². The number of pyridine rings is 1. The van der Waals surface area contributed by atoms with E-state index in [1.54, 1.807) is 16.7 Å². The molecule has 1 aliphatic carbocycles. The van der Waals surface area contributed by atoms with Crippen molar-refractivity contribution >= 4 is 39.9 Å². The number of benzene rings is 2. The molecule has 1 aromatic heterocycles. The average molecular weight is 423 g/mol. The summed E-state index contributed by atoms with van der Waals surface area (Å²) in [6, 6.07) is 10.8. The van der Waals surface area contributed by atoms with Gasteiger partial charge < -0.3 is 14.4 Å². The lowest BCUT2D eigenvalue weighted by Crippen LogP contribution is -2.21. The van der Waals surface area contributed by atoms with E-state index in [-0.39, 0.29) is 5.56 Å². The molecule has 2 heterocycles. The molecule has 2 aliphatic rings. The van der Waals surface area contributed by atoms with Gasteiger partial charge in [0, 0.05) is 29.8 Å². The van der Waals surface area contributed by atoms with E-state index in [4.69, 9.17) is 21.3 Å². The zero-order valence-electron chi connectivity index (χ0n) is 16.1. The lowest BCUT2D eigenvalue weighted by molar-refractivity contribution is 0.0695. The maximum absolute atomic E-state index is 12.5. The molecule has 0 saturated heterocycles. The molecule has 152 valence electrons. The number of rotatable bonds is 6. The number of fused-ring (bicyclic) bond motifs is 2. The van der Waals surface area contributed by atoms with Crippen LogP contribution in [0.25, 0.3) is 10.9 Å². The molecule has 1 N–H and O–H groups in total. The van der Waals surface area contributed by atoms with Crippen LogP contribution in [0.15, 0.2) is 52.4 Å². The van der Waals surface area contributed by atoms with E-state index in [0.29, 0.717) is 47.2 Å². The minimum Gasteiger partial charge on any atom is -0.492 e. The number of nitrogens with zero attached hydrogens (tertiary/aromatic N) is 2. The number of aromatic nitrogens is 1. The van der Waals surface area contributed by atoms with Crippen molar-refractivity contribution in [1.82, 2.24) is 4.57 Å². The van der Waals surface area contributed by atoms with Crippen LogP contribution in [-0.2, 0) is 13.0 Å². The number of para-hydroxylation sites is 1. The molecule has 7 heteroatoms. The minimum atomic E-state index is -1.24. The number of halogens is 1. The lowest BCUT2D eigenvalue weighted by atomic mass is 10.1. The van der Waals surface area contributed by atoms with E-state index in [1.807, 2.05) is 24.3 Å². The highest BCUT2D eigenvalue weighted by molar-refractivity contribution is 6.32. The fourth-order valence-electron chi connectivity index (χ4n) is 3.78. The topological polar surface area (TPSA) is 80.9 Å². The zero-order valence-corrected chi connectivity index (χ0v) is 16.9. The molecule has 1 fully saturated rings. The fourth-order valence-corrected chi connectivity index (χ4v) is 4.02. The number of aliphatic imine (C=N–C) groups is 1. The third kappa shape index (κ3) is 3.48. The number of carboxylic acid groups (broad SMARTS) is 1. The van der Waals surface area contributed by atoms with Crippen molar-refractivity contribution in [3.63, 3.8) is 0 Å².